The molecule has 0 aliphatic carbocycles. The van der Waals surface area contributed by atoms with Crippen LogP contribution >= 0.6 is 11.6 Å². The third kappa shape index (κ3) is 4.01. The van der Waals surface area contributed by atoms with Gasteiger partial charge >= 0.3 is 6.03 Å². The van der Waals surface area contributed by atoms with E-state index in [-0.39, 0.29) is 5.57 Å². The lowest BCUT2D eigenvalue weighted by Gasteiger charge is -2.29. The Hall–Kier alpha value is -3.16. The van der Waals surface area contributed by atoms with Crippen LogP contribution < -0.4 is 15.1 Å². The summed E-state index contributed by atoms with van der Waals surface area (Å²) in [6.45, 7) is 3.02. The number of amides is 4. The van der Waals surface area contributed by atoms with E-state index >= 15 is 0 Å². The van der Waals surface area contributed by atoms with Gasteiger partial charge in [0.05, 0.1) is 18.9 Å². The number of ether oxygens (including phenoxy) is 1. The van der Waals surface area contributed by atoms with Gasteiger partial charge < -0.3 is 9.64 Å². The maximum absolute atomic E-state index is 12.9. The van der Waals surface area contributed by atoms with Crippen LogP contribution in [-0.4, -0.2) is 44.1 Å². The van der Waals surface area contributed by atoms with E-state index in [4.69, 9.17) is 16.3 Å². The van der Waals surface area contributed by atoms with Crippen LogP contribution in [0.5, 0.6) is 0 Å². The molecule has 0 saturated carbocycles. The van der Waals surface area contributed by atoms with E-state index in [1.165, 1.54) is 6.08 Å². The molecule has 2 fully saturated rings. The minimum atomic E-state index is -0.790. The van der Waals surface area contributed by atoms with Crippen LogP contribution in [0.3, 0.4) is 0 Å². The number of nitrogens with zero attached hydrogens (tertiary/aromatic N) is 2. The van der Waals surface area contributed by atoms with Crippen LogP contribution in [-0.2, 0) is 14.3 Å². The van der Waals surface area contributed by atoms with Crippen molar-refractivity contribution < 1.29 is 19.1 Å². The number of rotatable bonds is 3. The minimum Gasteiger partial charge on any atom is -0.378 e. The average Bonchev–Trinajstić information content (AvgIpc) is 2.73. The van der Waals surface area contributed by atoms with Crippen LogP contribution in [0.15, 0.2) is 54.1 Å². The Bertz CT molecular complexity index is 980. The summed E-state index contributed by atoms with van der Waals surface area (Å²) in [5.74, 6) is -1.40. The molecule has 1 N–H and O–H groups in total. The molecule has 0 spiro atoms. The highest BCUT2D eigenvalue weighted by Gasteiger charge is 2.36. The first-order valence-electron chi connectivity index (χ1n) is 9.13. The molecule has 148 valence electrons. The number of hydrogen-bond acceptors (Lipinski definition) is 5. The summed E-state index contributed by atoms with van der Waals surface area (Å²) in [4.78, 5) is 40.5. The zero-order valence-corrected chi connectivity index (χ0v) is 16.2. The molecule has 2 aliphatic heterocycles. The molecule has 2 aliphatic rings. The Kier molecular flexibility index (Phi) is 5.33. The van der Waals surface area contributed by atoms with Gasteiger partial charge in [-0.1, -0.05) is 23.7 Å². The van der Waals surface area contributed by atoms with E-state index in [1.54, 1.807) is 24.3 Å². The van der Waals surface area contributed by atoms with Crippen LogP contribution in [0.2, 0.25) is 5.02 Å². The summed E-state index contributed by atoms with van der Waals surface area (Å²) >= 11 is 5.87. The summed E-state index contributed by atoms with van der Waals surface area (Å²) in [5.41, 5.74) is 1.95. The normalized spacial score (nSPS) is 18.9. The maximum Gasteiger partial charge on any atom is 0.335 e. The minimum absolute atomic E-state index is 0.112. The van der Waals surface area contributed by atoms with Gasteiger partial charge in [-0.2, -0.15) is 0 Å². The SMILES string of the molecule is O=C1NC(=O)N(c2ccc(Cl)cc2)C(=O)/C1=C\c1ccc(N2CCOCC2)cc1. The van der Waals surface area contributed by atoms with E-state index in [0.29, 0.717) is 29.5 Å². The number of anilines is 2. The van der Waals surface area contributed by atoms with Crippen molar-refractivity contribution in [1.29, 1.82) is 0 Å². The Morgan fingerprint density at radius 1 is 0.897 bits per heavy atom. The molecule has 29 heavy (non-hydrogen) atoms. The fraction of sp³-hybridized carbons (Fsp3) is 0.190. The molecule has 2 saturated heterocycles. The number of nitrogens with one attached hydrogen (secondary N) is 1. The second-order valence-electron chi connectivity index (χ2n) is 6.63. The summed E-state index contributed by atoms with van der Waals surface area (Å²) in [6.07, 6.45) is 1.48. The third-order valence-electron chi connectivity index (χ3n) is 4.77. The standard InChI is InChI=1S/C21H18ClN3O4/c22-15-3-7-17(8-4-15)25-20(27)18(19(26)23-21(25)28)13-14-1-5-16(6-2-14)24-9-11-29-12-10-24/h1-8,13H,9-12H2,(H,23,26,28)/b18-13-. The molecule has 7 nitrogen and oxygen atoms in total. The van der Waals surface area contributed by atoms with Gasteiger partial charge in [-0.3, -0.25) is 14.9 Å². The number of hydrogen-bond donors (Lipinski definition) is 1. The van der Waals surface area contributed by atoms with Gasteiger partial charge in [-0.05, 0) is 48.0 Å². The van der Waals surface area contributed by atoms with Crippen molar-refractivity contribution in [2.45, 2.75) is 0 Å². The van der Waals surface area contributed by atoms with E-state index in [0.717, 1.165) is 23.7 Å². The van der Waals surface area contributed by atoms with Crippen molar-refractivity contribution in [2.75, 3.05) is 36.1 Å². The van der Waals surface area contributed by atoms with Gasteiger partial charge in [0.15, 0.2) is 0 Å². The third-order valence-corrected chi connectivity index (χ3v) is 5.02. The van der Waals surface area contributed by atoms with E-state index in [9.17, 15) is 14.4 Å². The van der Waals surface area contributed by atoms with Gasteiger partial charge in [0.1, 0.15) is 5.57 Å². The Morgan fingerprint density at radius 2 is 1.52 bits per heavy atom. The molecule has 8 heteroatoms. The van der Waals surface area contributed by atoms with E-state index in [2.05, 4.69) is 10.2 Å². The molecule has 2 heterocycles. The van der Waals surface area contributed by atoms with Gasteiger partial charge in [0.25, 0.3) is 11.8 Å². The van der Waals surface area contributed by atoms with Gasteiger partial charge in [0.2, 0.25) is 0 Å². The van der Waals surface area contributed by atoms with Gasteiger partial charge in [0, 0.05) is 23.8 Å². The van der Waals surface area contributed by atoms with Crippen LogP contribution in [0.25, 0.3) is 6.08 Å². The maximum atomic E-state index is 12.9. The fourth-order valence-electron chi connectivity index (χ4n) is 3.25. The Balaban J connectivity index is 1.59. The van der Waals surface area contributed by atoms with Gasteiger partial charge in [-0.15, -0.1) is 0 Å². The number of carbonyl (C=O) groups is 3. The molecular formula is C21H18ClN3O4. The monoisotopic (exact) mass is 411 g/mol. The van der Waals surface area contributed by atoms with Crippen LogP contribution in [0, 0.1) is 0 Å². The predicted octanol–water partition coefficient (Wildman–Crippen LogP) is 2.84. The van der Waals surface area contributed by atoms with Crippen molar-refractivity contribution >= 4 is 46.9 Å². The molecular weight excluding hydrogens is 394 g/mol. The average molecular weight is 412 g/mol. The van der Waals surface area contributed by atoms with Crippen molar-refractivity contribution in [3.05, 3.63) is 64.7 Å². The Morgan fingerprint density at radius 3 is 2.17 bits per heavy atom. The van der Waals surface area contributed by atoms with E-state index in [1.807, 2.05) is 24.3 Å². The first-order valence-corrected chi connectivity index (χ1v) is 9.50. The fourth-order valence-corrected chi connectivity index (χ4v) is 3.38. The quantitative estimate of drug-likeness (QED) is 0.620. The number of imide groups is 2. The molecule has 0 bridgehead atoms. The largest absolute Gasteiger partial charge is 0.378 e. The molecule has 0 radical (unpaired) electrons. The summed E-state index contributed by atoms with van der Waals surface area (Å²) in [7, 11) is 0. The zero-order chi connectivity index (χ0) is 20.4. The first-order chi connectivity index (χ1) is 14.0. The van der Waals surface area contributed by atoms with Gasteiger partial charge in [-0.25, -0.2) is 9.69 Å². The lowest BCUT2D eigenvalue weighted by Crippen LogP contribution is -2.54. The summed E-state index contributed by atoms with van der Waals surface area (Å²) in [6, 6.07) is 13.0. The second kappa shape index (κ2) is 8.06. The molecule has 2 aromatic rings. The number of halogens is 1. The molecule has 0 aromatic heterocycles. The van der Waals surface area contributed by atoms with Crippen LogP contribution in [0.4, 0.5) is 16.2 Å². The lowest BCUT2D eigenvalue weighted by molar-refractivity contribution is -0.122. The highest BCUT2D eigenvalue weighted by atomic mass is 35.5. The predicted molar refractivity (Wildman–Crippen MR) is 110 cm³/mol. The van der Waals surface area contributed by atoms with Crippen molar-refractivity contribution in [3.8, 4) is 0 Å². The zero-order valence-electron chi connectivity index (χ0n) is 15.4. The first kappa shape index (κ1) is 19.2. The topological polar surface area (TPSA) is 79.0 Å². The highest BCUT2D eigenvalue weighted by molar-refractivity contribution is 6.39. The summed E-state index contributed by atoms with van der Waals surface area (Å²) < 4.78 is 5.36. The number of barbiturate groups is 1. The molecule has 4 amide bonds. The Labute approximate surface area is 172 Å². The smallest absolute Gasteiger partial charge is 0.335 e. The van der Waals surface area contributed by atoms with Crippen molar-refractivity contribution in [2.24, 2.45) is 0 Å². The molecule has 2 aromatic carbocycles. The number of morpholine rings is 1. The highest BCUT2D eigenvalue weighted by Crippen LogP contribution is 2.24. The van der Waals surface area contributed by atoms with Crippen molar-refractivity contribution in [1.82, 2.24) is 5.32 Å². The number of carbonyl (C=O) groups excluding carboxylic acids is 3. The lowest BCUT2D eigenvalue weighted by atomic mass is 10.1. The van der Waals surface area contributed by atoms with Crippen molar-refractivity contribution in [3.63, 3.8) is 0 Å². The molecule has 4 rings (SSSR count). The molecule has 0 unspecified atom stereocenters. The summed E-state index contributed by atoms with van der Waals surface area (Å²) in [5, 5.41) is 2.69. The molecule has 0 atom stereocenters. The van der Waals surface area contributed by atoms with Crippen LogP contribution in [0.1, 0.15) is 5.56 Å². The number of urea groups is 1. The van der Waals surface area contributed by atoms with E-state index < -0.39 is 17.8 Å². The second-order valence-corrected chi connectivity index (χ2v) is 7.06. The number of benzene rings is 2.